The van der Waals surface area contributed by atoms with E-state index in [1.54, 1.807) is 0 Å². The fraction of sp³-hybridized carbons (Fsp3) is 0.0833. The van der Waals surface area contributed by atoms with Crippen LogP contribution in [0.5, 0.6) is 5.88 Å². The zero-order valence-electron chi connectivity index (χ0n) is 16.6. The lowest BCUT2D eigenvalue weighted by atomic mass is 10.0. The Labute approximate surface area is 173 Å². The van der Waals surface area contributed by atoms with E-state index in [4.69, 9.17) is 0 Å². The molecule has 0 radical (unpaired) electrons. The van der Waals surface area contributed by atoms with Gasteiger partial charge in [-0.25, -0.2) is 9.97 Å². The van der Waals surface area contributed by atoms with Gasteiger partial charge in [0.15, 0.2) is 5.69 Å². The highest BCUT2D eigenvalue weighted by atomic mass is 16.3. The van der Waals surface area contributed by atoms with Crippen LogP contribution in [0.15, 0.2) is 77.0 Å². The minimum Gasteiger partial charge on any atom is -0.493 e. The number of rotatable bonds is 3. The van der Waals surface area contributed by atoms with Crippen molar-refractivity contribution in [3.63, 3.8) is 0 Å². The van der Waals surface area contributed by atoms with Crippen molar-refractivity contribution in [3.8, 4) is 17.1 Å². The zero-order valence-corrected chi connectivity index (χ0v) is 16.6. The Kier molecular flexibility index (Phi) is 4.25. The van der Waals surface area contributed by atoms with Gasteiger partial charge in [-0.2, -0.15) is 0 Å². The molecule has 6 heteroatoms. The highest BCUT2D eigenvalue weighted by Gasteiger charge is 2.13. The van der Waals surface area contributed by atoms with Crippen LogP contribution in [0.3, 0.4) is 0 Å². The Morgan fingerprint density at radius 2 is 1.53 bits per heavy atom. The van der Waals surface area contributed by atoms with Crippen LogP contribution >= 0.6 is 0 Å². The van der Waals surface area contributed by atoms with Gasteiger partial charge in [-0.15, -0.1) is 10.2 Å². The molecule has 2 heterocycles. The Bertz CT molecular complexity index is 1420. The quantitative estimate of drug-likeness (QED) is 0.342. The molecule has 0 atom stereocenters. The van der Waals surface area contributed by atoms with E-state index < -0.39 is 0 Å². The van der Waals surface area contributed by atoms with Crippen molar-refractivity contribution >= 4 is 33.4 Å². The molecule has 0 fully saturated rings. The maximum atomic E-state index is 10.3. The average molecular weight is 393 g/mol. The fourth-order valence-electron chi connectivity index (χ4n) is 3.56. The number of H-pyrrole nitrogens is 1. The number of aromatic amines is 1. The summed E-state index contributed by atoms with van der Waals surface area (Å²) in [6.07, 6.45) is 0. The average Bonchev–Trinajstić information content (AvgIpc) is 3.06. The van der Waals surface area contributed by atoms with Crippen LogP contribution in [-0.4, -0.2) is 20.1 Å². The van der Waals surface area contributed by atoms with Crippen molar-refractivity contribution in [2.24, 2.45) is 10.2 Å². The summed E-state index contributed by atoms with van der Waals surface area (Å²) in [5.41, 5.74) is 5.96. The standard InChI is InChI=1S/C24H19N5O/c1-14-9-11-20-17(12-14)21(16-6-4-3-5-7-16)27-24(26-20)29-28-22-18-13-15(2)8-10-19(18)25-23(22)30/h3-13,25,30H,1-2H3. The third-order valence-electron chi connectivity index (χ3n) is 5.03. The van der Waals surface area contributed by atoms with Crippen molar-refractivity contribution in [1.29, 1.82) is 0 Å². The molecule has 3 aromatic carbocycles. The van der Waals surface area contributed by atoms with E-state index in [9.17, 15) is 5.11 Å². The van der Waals surface area contributed by atoms with E-state index in [1.807, 2.05) is 74.5 Å². The van der Waals surface area contributed by atoms with Crippen LogP contribution in [0.4, 0.5) is 11.6 Å². The lowest BCUT2D eigenvalue weighted by Gasteiger charge is -2.07. The van der Waals surface area contributed by atoms with Gasteiger partial charge in [0.05, 0.1) is 16.7 Å². The van der Waals surface area contributed by atoms with E-state index in [2.05, 4.69) is 31.2 Å². The summed E-state index contributed by atoms with van der Waals surface area (Å²) in [7, 11) is 0. The molecule has 0 unspecified atom stereocenters. The monoisotopic (exact) mass is 393 g/mol. The van der Waals surface area contributed by atoms with E-state index in [0.29, 0.717) is 5.69 Å². The first-order valence-corrected chi connectivity index (χ1v) is 9.65. The van der Waals surface area contributed by atoms with Gasteiger partial charge in [0, 0.05) is 16.3 Å². The van der Waals surface area contributed by atoms with Crippen LogP contribution in [0, 0.1) is 13.8 Å². The van der Waals surface area contributed by atoms with Gasteiger partial charge in [0.2, 0.25) is 5.88 Å². The molecule has 0 aliphatic heterocycles. The zero-order chi connectivity index (χ0) is 20.7. The Morgan fingerprint density at radius 3 is 2.33 bits per heavy atom. The smallest absolute Gasteiger partial charge is 0.270 e. The molecule has 5 rings (SSSR count). The molecule has 0 saturated heterocycles. The number of azo groups is 1. The van der Waals surface area contributed by atoms with Crippen molar-refractivity contribution in [3.05, 3.63) is 77.9 Å². The third kappa shape index (κ3) is 3.18. The number of aromatic hydroxyl groups is 1. The predicted molar refractivity (Wildman–Crippen MR) is 119 cm³/mol. The molecule has 0 aliphatic rings. The van der Waals surface area contributed by atoms with Crippen LogP contribution in [-0.2, 0) is 0 Å². The molecule has 0 spiro atoms. The van der Waals surface area contributed by atoms with Crippen molar-refractivity contribution in [1.82, 2.24) is 15.0 Å². The van der Waals surface area contributed by atoms with E-state index >= 15 is 0 Å². The van der Waals surface area contributed by atoms with Gasteiger partial charge in [0.1, 0.15) is 0 Å². The number of aryl methyl sites for hydroxylation is 2. The number of nitrogens with zero attached hydrogens (tertiary/aromatic N) is 4. The van der Waals surface area contributed by atoms with E-state index in [0.717, 1.165) is 44.2 Å². The van der Waals surface area contributed by atoms with Gasteiger partial charge in [-0.1, -0.05) is 53.6 Å². The lowest BCUT2D eigenvalue weighted by molar-refractivity contribution is 0.459. The Balaban J connectivity index is 1.66. The fourth-order valence-corrected chi connectivity index (χ4v) is 3.56. The normalized spacial score (nSPS) is 11.7. The van der Waals surface area contributed by atoms with Crippen LogP contribution < -0.4 is 0 Å². The molecule has 30 heavy (non-hydrogen) atoms. The van der Waals surface area contributed by atoms with Crippen LogP contribution in [0.2, 0.25) is 0 Å². The summed E-state index contributed by atoms with van der Waals surface area (Å²) < 4.78 is 0. The molecular weight excluding hydrogens is 374 g/mol. The van der Waals surface area contributed by atoms with Gasteiger partial charge in [0.25, 0.3) is 5.95 Å². The number of benzene rings is 3. The molecule has 2 N–H and O–H groups in total. The topological polar surface area (TPSA) is 86.5 Å². The Hall–Kier alpha value is -4.06. The second kappa shape index (κ2) is 7.08. The van der Waals surface area contributed by atoms with Crippen molar-refractivity contribution in [2.45, 2.75) is 13.8 Å². The molecule has 0 bridgehead atoms. The molecule has 146 valence electrons. The summed E-state index contributed by atoms with van der Waals surface area (Å²) in [5, 5.41) is 20.6. The molecule has 0 amide bonds. The second-order valence-corrected chi connectivity index (χ2v) is 7.33. The van der Waals surface area contributed by atoms with Crippen molar-refractivity contribution < 1.29 is 5.11 Å². The Morgan fingerprint density at radius 1 is 0.800 bits per heavy atom. The number of hydrogen-bond donors (Lipinski definition) is 2. The lowest BCUT2D eigenvalue weighted by Crippen LogP contribution is -1.91. The predicted octanol–water partition coefficient (Wildman–Crippen LogP) is 6.52. The van der Waals surface area contributed by atoms with Gasteiger partial charge in [-0.05, 0) is 38.1 Å². The molecule has 0 aliphatic carbocycles. The number of fused-ring (bicyclic) bond motifs is 2. The van der Waals surface area contributed by atoms with Gasteiger partial charge < -0.3 is 10.1 Å². The highest BCUT2D eigenvalue weighted by molar-refractivity contribution is 5.95. The highest BCUT2D eigenvalue weighted by Crippen LogP contribution is 2.37. The third-order valence-corrected chi connectivity index (χ3v) is 5.03. The second-order valence-electron chi connectivity index (χ2n) is 7.33. The number of hydrogen-bond acceptors (Lipinski definition) is 5. The minimum absolute atomic E-state index is 0.0287. The molecule has 6 nitrogen and oxygen atoms in total. The van der Waals surface area contributed by atoms with E-state index in [1.165, 1.54) is 0 Å². The summed E-state index contributed by atoms with van der Waals surface area (Å²) in [5.74, 6) is 0.214. The maximum Gasteiger partial charge on any atom is 0.270 e. The first-order chi connectivity index (χ1) is 14.6. The van der Waals surface area contributed by atoms with Crippen LogP contribution in [0.25, 0.3) is 33.1 Å². The largest absolute Gasteiger partial charge is 0.493 e. The first-order valence-electron chi connectivity index (χ1n) is 9.65. The summed E-state index contributed by atoms with van der Waals surface area (Å²) in [6.45, 7) is 4.04. The summed E-state index contributed by atoms with van der Waals surface area (Å²) in [6, 6.07) is 21.8. The molecule has 2 aromatic heterocycles. The van der Waals surface area contributed by atoms with Gasteiger partial charge >= 0.3 is 0 Å². The maximum absolute atomic E-state index is 10.3. The number of aromatic nitrogens is 3. The SMILES string of the molecule is Cc1ccc2nc(N=Nc3c(O)[nH]c4ccc(C)cc34)nc(-c3ccccc3)c2c1. The summed E-state index contributed by atoms with van der Waals surface area (Å²) >= 11 is 0. The number of nitrogens with one attached hydrogen (secondary N) is 1. The minimum atomic E-state index is -0.0287. The van der Waals surface area contributed by atoms with E-state index in [-0.39, 0.29) is 11.8 Å². The molecular formula is C24H19N5O. The van der Waals surface area contributed by atoms with Crippen molar-refractivity contribution in [2.75, 3.05) is 0 Å². The summed E-state index contributed by atoms with van der Waals surface area (Å²) in [4.78, 5) is 12.2. The first kappa shape index (κ1) is 18.0. The van der Waals surface area contributed by atoms with Crippen LogP contribution in [0.1, 0.15) is 11.1 Å². The van der Waals surface area contributed by atoms with Gasteiger partial charge in [-0.3, -0.25) is 0 Å². The molecule has 0 saturated carbocycles. The molecule has 5 aromatic rings.